The second kappa shape index (κ2) is 2.65. The summed E-state index contributed by atoms with van der Waals surface area (Å²) in [5.74, 6) is -0.469. The summed E-state index contributed by atoms with van der Waals surface area (Å²) in [7, 11) is -4.06. The molecule has 5 nitrogen and oxygen atoms in total. The predicted octanol–water partition coefficient (Wildman–Crippen LogP) is 0.0994. The van der Waals surface area contributed by atoms with Crippen LogP contribution in [0.5, 0.6) is 0 Å². The number of hydrogen-bond donors (Lipinski definition) is 2. The first-order valence-corrected chi connectivity index (χ1v) is 3.50. The van der Waals surface area contributed by atoms with E-state index < -0.39 is 13.5 Å². The fourth-order valence-electron chi connectivity index (χ4n) is 0.178. The predicted molar refractivity (Wildman–Crippen MR) is 29.9 cm³/mol. The van der Waals surface area contributed by atoms with Gasteiger partial charge in [-0.05, 0) is 6.58 Å². The van der Waals surface area contributed by atoms with Crippen LogP contribution in [0.2, 0.25) is 0 Å². The minimum atomic E-state index is -4.06. The second-order valence-corrected chi connectivity index (χ2v) is 2.50. The lowest BCUT2D eigenvalue weighted by Gasteiger charge is -2.02. The highest BCUT2D eigenvalue weighted by molar-refractivity contribution is 7.50. The Hall–Kier alpha value is -0.820. The highest BCUT2D eigenvalue weighted by atomic mass is 31.2. The molecule has 0 aromatic heterocycles. The smallest absolute Gasteiger partial charge is 0.403 e. The maximum absolute atomic E-state index is 10.1. The van der Waals surface area contributed by atoms with Crippen molar-refractivity contribution in [1.82, 2.24) is 0 Å². The number of hydrogen-bond acceptors (Lipinski definition) is 3. The summed E-state index contributed by atoms with van der Waals surface area (Å²) in [6.07, 6.45) is 0. The average Bonchev–Trinajstić information content (AvgIpc) is 1.62. The fourth-order valence-corrected chi connectivity index (χ4v) is 0.535. The molecule has 0 fully saturated rings. The van der Waals surface area contributed by atoms with Crippen LogP contribution < -0.4 is 5.50 Å². The molecule has 0 aromatic rings. The first kappa shape index (κ1) is 8.18. The summed E-state index contributed by atoms with van der Waals surface area (Å²) in [5, 5.41) is 7.94. The van der Waals surface area contributed by atoms with Crippen LogP contribution in [-0.2, 0) is 9.09 Å². The molecule has 0 spiro atoms. The van der Waals surface area contributed by atoms with Gasteiger partial charge in [-0.25, -0.2) is 10.1 Å². The van der Waals surface area contributed by atoms with Gasteiger partial charge in [0.2, 0.25) is 0 Å². The van der Waals surface area contributed by atoms with Crippen LogP contribution in [-0.4, -0.2) is 4.89 Å². The molecule has 1 atom stereocenters. The van der Waals surface area contributed by atoms with E-state index in [4.69, 9.17) is 10.2 Å². The quantitative estimate of drug-likeness (QED) is 0.329. The lowest BCUT2D eigenvalue weighted by Crippen LogP contribution is -1.96. The van der Waals surface area contributed by atoms with E-state index in [1.165, 1.54) is 6.07 Å². The van der Waals surface area contributed by atoms with Crippen molar-refractivity contribution in [3.63, 3.8) is 0 Å². The standard InChI is InChI=1S/C3H5N2O3P/c1-3(2-4)8-9(5,6)7/h1H2,(H3,5,6,7). The largest absolute Gasteiger partial charge is 0.454 e. The highest BCUT2D eigenvalue weighted by Gasteiger charge is 2.12. The molecule has 0 radical (unpaired) electrons. The van der Waals surface area contributed by atoms with E-state index >= 15 is 0 Å². The molecule has 50 valence electrons. The Morgan fingerprint density at radius 2 is 2.44 bits per heavy atom. The summed E-state index contributed by atoms with van der Waals surface area (Å²) in [6, 6.07) is 1.39. The molecule has 0 amide bonds. The van der Waals surface area contributed by atoms with Crippen LogP contribution in [0.25, 0.3) is 0 Å². The molecule has 0 aromatic carbocycles. The Balaban J connectivity index is 3.94. The van der Waals surface area contributed by atoms with Crippen LogP contribution in [0.4, 0.5) is 0 Å². The lowest BCUT2D eigenvalue weighted by atomic mass is 10.7. The molecule has 0 bridgehead atoms. The summed E-state index contributed by atoms with van der Waals surface area (Å²) >= 11 is 0. The van der Waals surface area contributed by atoms with Gasteiger partial charge in [0, 0.05) is 0 Å². The molecule has 1 unspecified atom stereocenters. The Morgan fingerprint density at radius 3 is 2.56 bits per heavy atom. The Labute approximate surface area is 51.9 Å². The average molecular weight is 148 g/mol. The lowest BCUT2D eigenvalue weighted by molar-refractivity contribution is 0.336. The maximum Gasteiger partial charge on any atom is 0.454 e. The van der Waals surface area contributed by atoms with Gasteiger partial charge in [0.05, 0.1) is 0 Å². The van der Waals surface area contributed by atoms with Crippen LogP contribution in [0.3, 0.4) is 0 Å². The Bertz CT molecular complexity index is 200. The molecule has 0 rings (SSSR count). The van der Waals surface area contributed by atoms with Crippen molar-refractivity contribution in [2.75, 3.05) is 0 Å². The van der Waals surface area contributed by atoms with Gasteiger partial charge < -0.3 is 9.42 Å². The topological polar surface area (TPSA) is 96.3 Å². The third kappa shape index (κ3) is 5.04. The van der Waals surface area contributed by atoms with E-state index in [1.54, 1.807) is 0 Å². The SMILES string of the molecule is C=C(C#N)OP(N)(=O)O. The van der Waals surface area contributed by atoms with Gasteiger partial charge in [0.1, 0.15) is 6.07 Å². The van der Waals surface area contributed by atoms with E-state index in [1.807, 2.05) is 0 Å². The van der Waals surface area contributed by atoms with E-state index in [2.05, 4.69) is 16.6 Å². The molecule has 0 aliphatic heterocycles. The summed E-state index contributed by atoms with van der Waals surface area (Å²) in [6.45, 7) is 2.96. The van der Waals surface area contributed by atoms with E-state index in [0.29, 0.717) is 0 Å². The van der Waals surface area contributed by atoms with Crippen LogP contribution >= 0.6 is 7.75 Å². The van der Waals surface area contributed by atoms with E-state index in [0.717, 1.165) is 0 Å². The molecule has 9 heavy (non-hydrogen) atoms. The van der Waals surface area contributed by atoms with Crippen molar-refractivity contribution in [3.05, 3.63) is 12.3 Å². The zero-order valence-corrected chi connectivity index (χ0v) is 5.34. The summed E-state index contributed by atoms with van der Waals surface area (Å²) in [5.41, 5.74) is 4.49. The molecular weight excluding hydrogens is 143 g/mol. The Kier molecular flexibility index (Phi) is 2.41. The van der Waals surface area contributed by atoms with Gasteiger partial charge in [-0.3, -0.25) is 0 Å². The zero-order valence-electron chi connectivity index (χ0n) is 4.44. The first-order chi connectivity index (χ1) is 3.95. The second-order valence-electron chi connectivity index (χ2n) is 1.19. The molecule has 0 aliphatic carbocycles. The van der Waals surface area contributed by atoms with Gasteiger partial charge in [0.25, 0.3) is 0 Å². The van der Waals surface area contributed by atoms with Crippen molar-refractivity contribution < 1.29 is 14.0 Å². The molecule has 6 heteroatoms. The summed E-state index contributed by atoms with van der Waals surface area (Å²) < 4.78 is 14.0. The van der Waals surface area contributed by atoms with Crippen molar-refractivity contribution in [1.29, 1.82) is 5.26 Å². The number of nitrogens with two attached hydrogens (primary N) is 1. The van der Waals surface area contributed by atoms with Gasteiger partial charge in [-0.15, -0.1) is 0 Å². The van der Waals surface area contributed by atoms with Gasteiger partial charge in [-0.2, -0.15) is 5.26 Å². The number of nitrogens with zero attached hydrogens (tertiary/aromatic N) is 1. The number of rotatable bonds is 2. The third-order valence-electron chi connectivity index (χ3n) is 0.366. The maximum atomic E-state index is 10.1. The normalized spacial score (nSPS) is 15.2. The molecule has 3 N–H and O–H groups in total. The first-order valence-electron chi connectivity index (χ1n) is 1.85. The highest BCUT2D eigenvalue weighted by Crippen LogP contribution is 2.33. The number of nitriles is 1. The third-order valence-corrected chi connectivity index (χ3v) is 0.848. The molecule has 0 heterocycles. The summed E-state index contributed by atoms with van der Waals surface area (Å²) in [4.78, 5) is 8.22. The van der Waals surface area contributed by atoms with Crippen molar-refractivity contribution >= 4 is 7.75 Å². The molecule has 0 aliphatic rings. The van der Waals surface area contributed by atoms with E-state index in [-0.39, 0.29) is 0 Å². The van der Waals surface area contributed by atoms with Crippen molar-refractivity contribution in [3.8, 4) is 6.07 Å². The van der Waals surface area contributed by atoms with E-state index in [9.17, 15) is 4.57 Å². The van der Waals surface area contributed by atoms with Crippen molar-refractivity contribution in [2.24, 2.45) is 5.50 Å². The van der Waals surface area contributed by atoms with Gasteiger partial charge in [-0.1, -0.05) is 0 Å². The van der Waals surface area contributed by atoms with Crippen molar-refractivity contribution in [2.45, 2.75) is 0 Å². The van der Waals surface area contributed by atoms with Crippen LogP contribution in [0.1, 0.15) is 0 Å². The molecular formula is C3H5N2O3P. The van der Waals surface area contributed by atoms with Crippen LogP contribution in [0.15, 0.2) is 12.3 Å². The fraction of sp³-hybridized carbons (Fsp3) is 0. The molecule has 0 saturated heterocycles. The molecule has 0 saturated carbocycles. The Morgan fingerprint density at radius 1 is 2.00 bits per heavy atom. The number of allylic oxidation sites excluding steroid dienone is 1. The van der Waals surface area contributed by atoms with Gasteiger partial charge >= 0.3 is 7.75 Å². The minimum Gasteiger partial charge on any atom is -0.403 e. The monoisotopic (exact) mass is 148 g/mol. The van der Waals surface area contributed by atoms with Gasteiger partial charge in [0.15, 0.2) is 5.76 Å². The van der Waals surface area contributed by atoms with Crippen LogP contribution in [0, 0.1) is 11.3 Å². The minimum absolute atomic E-state index is 0.469. The zero-order chi connectivity index (χ0) is 7.49.